The highest BCUT2D eigenvalue weighted by Gasteiger charge is 2.34. The van der Waals surface area contributed by atoms with Crippen molar-refractivity contribution in [3.05, 3.63) is 16.0 Å². The molecule has 0 unspecified atom stereocenters. The van der Waals surface area contributed by atoms with Crippen molar-refractivity contribution < 1.29 is 27.5 Å². The van der Waals surface area contributed by atoms with Gasteiger partial charge in [-0.15, -0.1) is 11.3 Å². The van der Waals surface area contributed by atoms with E-state index in [2.05, 4.69) is 14.2 Å². The number of carbonyl (C=O) groups excluding carboxylic acids is 2. The number of ether oxygens (including phenoxy) is 2. The Bertz CT molecular complexity index is 716. The molecule has 0 aromatic carbocycles. The fourth-order valence-corrected chi connectivity index (χ4v) is 5.68. The number of carbonyl (C=O) groups is 2. The maximum Gasteiger partial charge on any atom is 0.348 e. The molecule has 1 heterocycles. The van der Waals surface area contributed by atoms with E-state index in [1.807, 2.05) is 0 Å². The van der Waals surface area contributed by atoms with Crippen LogP contribution in [-0.4, -0.2) is 40.6 Å². The van der Waals surface area contributed by atoms with Gasteiger partial charge in [0.1, 0.15) is 4.88 Å². The van der Waals surface area contributed by atoms with Crippen molar-refractivity contribution >= 4 is 33.3 Å². The van der Waals surface area contributed by atoms with Crippen molar-refractivity contribution in [2.45, 2.75) is 42.9 Å². The van der Waals surface area contributed by atoms with Gasteiger partial charge in [0.05, 0.1) is 19.8 Å². The molecule has 0 aliphatic heterocycles. The number of nitrogens with one attached hydrogen (secondary N) is 1. The number of esters is 2. The molecule has 0 atom stereocenters. The largest absolute Gasteiger partial charge is 0.465 e. The van der Waals surface area contributed by atoms with Crippen molar-refractivity contribution in [1.29, 1.82) is 0 Å². The molecule has 1 aliphatic rings. The van der Waals surface area contributed by atoms with Gasteiger partial charge in [-0.3, -0.25) is 0 Å². The van der Waals surface area contributed by atoms with E-state index in [0.29, 0.717) is 0 Å². The summed E-state index contributed by atoms with van der Waals surface area (Å²) in [5.74, 6) is -1.47. The minimum Gasteiger partial charge on any atom is -0.465 e. The molecule has 23 heavy (non-hydrogen) atoms. The molecular formula is C14H19NO6S2. The normalized spacial score (nSPS) is 15.6. The number of sulfonamides is 1. The maximum absolute atomic E-state index is 12.6. The molecule has 0 bridgehead atoms. The van der Waals surface area contributed by atoms with Crippen molar-refractivity contribution in [3.63, 3.8) is 0 Å². The summed E-state index contributed by atoms with van der Waals surface area (Å²) in [4.78, 5) is 23.9. The fourth-order valence-electron chi connectivity index (χ4n) is 2.62. The predicted octanol–water partition coefficient (Wildman–Crippen LogP) is 1.85. The first kappa shape index (κ1) is 17.9. The molecule has 1 N–H and O–H groups in total. The Kier molecular flexibility index (Phi) is 5.43. The summed E-state index contributed by atoms with van der Waals surface area (Å²) in [7, 11) is -1.55. The van der Waals surface area contributed by atoms with E-state index in [1.54, 1.807) is 0 Å². The minimum absolute atomic E-state index is 0.0831. The predicted molar refractivity (Wildman–Crippen MR) is 84.3 cm³/mol. The van der Waals surface area contributed by atoms with Crippen LogP contribution in [0.3, 0.4) is 0 Å². The quantitative estimate of drug-likeness (QED) is 0.804. The van der Waals surface area contributed by atoms with E-state index in [4.69, 9.17) is 0 Å². The molecule has 1 aliphatic carbocycles. The highest BCUT2D eigenvalue weighted by molar-refractivity contribution is 7.91. The minimum atomic E-state index is -3.91. The molecule has 0 saturated heterocycles. The second kappa shape index (κ2) is 6.98. The molecule has 0 amide bonds. The van der Waals surface area contributed by atoms with Crippen LogP contribution >= 0.6 is 11.3 Å². The summed E-state index contributed by atoms with van der Waals surface area (Å²) in [6.45, 7) is 1.50. The highest BCUT2D eigenvalue weighted by atomic mass is 32.2. The monoisotopic (exact) mass is 361 g/mol. The van der Waals surface area contributed by atoms with Gasteiger partial charge in [0.15, 0.2) is 4.21 Å². The average Bonchev–Trinajstić information content (AvgIpc) is 3.13. The van der Waals surface area contributed by atoms with Crippen LogP contribution in [0.5, 0.6) is 0 Å². The Morgan fingerprint density at radius 1 is 1.13 bits per heavy atom. The molecule has 0 radical (unpaired) electrons. The molecule has 1 aromatic rings. The van der Waals surface area contributed by atoms with Crippen LogP contribution in [0.1, 0.15) is 51.3 Å². The van der Waals surface area contributed by atoms with Gasteiger partial charge < -0.3 is 9.47 Å². The zero-order valence-corrected chi connectivity index (χ0v) is 14.8. The van der Waals surface area contributed by atoms with Crippen LogP contribution in [0.25, 0.3) is 0 Å². The maximum atomic E-state index is 12.6. The zero-order valence-electron chi connectivity index (χ0n) is 13.2. The lowest BCUT2D eigenvalue weighted by molar-refractivity contribution is 0.0596. The first-order valence-corrected chi connectivity index (χ1v) is 9.44. The van der Waals surface area contributed by atoms with Crippen molar-refractivity contribution in [2.24, 2.45) is 0 Å². The SMILES string of the molecule is COC(=O)c1sc(S(=O)(=O)NC2CCCC2)c(C(=O)OC)c1C. The summed E-state index contributed by atoms with van der Waals surface area (Å²) in [6, 6.07) is -0.144. The van der Waals surface area contributed by atoms with Crippen LogP contribution in [0.15, 0.2) is 4.21 Å². The first-order valence-electron chi connectivity index (χ1n) is 7.14. The van der Waals surface area contributed by atoms with Crippen LogP contribution in [-0.2, 0) is 19.5 Å². The molecule has 1 saturated carbocycles. The Morgan fingerprint density at radius 3 is 2.22 bits per heavy atom. The molecule has 2 rings (SSSR count). The van der Waals surface area contributed by atoms with E-state index < -0.39 is 22.0 Å². The number of methoxy groups -OCH3 is 2. The summed E-state index contributed by atoms with van der Waals surface area (Å²) in [6.07, 6.45) is 3.46. The average molecular weight is 361 g/mol. The number of rotatable bonds is 5. The van der Waals surface area contributed by atoms with Gasteiger partial charge in [0.25, 0.3) is 10.0 Å². The third kappa shape index (κ3) is 3.56. The van der Waals surface area contributed by atoms with Gasteiger partial charge in [-0.05, 0) is 25.3 Å². The van der Waals surface area contributed by atoms with Gasteiger partial charge >= 0.3 is 11.9 Å². The van der Waals surface area contributed by atoms with Crippen LogP contribution in [0, 0.1) is 6.92 Å². The molecule has 0 spiro atoms. The lowest BCUT2D eigenvalue weighted by atomic mass is 10.2. The van der Waals surface area contributed by atoms with Gasteiger partial charge in [-0.2, -0.15) is 0 Å². The Morgan fingerprint density at radius 2 is 1.70 bits per heavy atom. The highest BCUT2D eigenvalue weighted by Crippen LogP contribution is 2.34. The second-order valence-electron chi connectivity index (χ2n) is 5.30. The standard InChI is InChI=1S/C14H19NO6S2/c1-8-10(12(16)20-2)14(22-11(8)13(17)21-3)23(18,19)15-9-6-4-5-7-9/h9,15H,4-7H2,1-3H3. The van der Waals surface area contributed by atoms with E-state index in [-0.39, 0.29) is 26.3 Å². The summed E-state index contributed by atoms with van der Waals surface area (Å²) in [5, 5.41) is 0. The lowest BCUT2D eigenvalue weighted by Gasteiger charge is -2.12. The van der Waals surface area contributed by atoms with Gasteiger partial charge in [0, 0.05) is 6.04 Å². The van der Waals surface area contributed by atoms with Crippen molar-refractivity contribution in [1.82, 2.24) is 4.72 Å². The Labute approximate surface area is 139 Å². The lowest BCUT2D eigenvalue weighted by Crippen LogP contribution is -2.33. The Balaban J connectivity index is 2.50. The zero-order chi connectivity index (χ0) is 17.2. The second-order valence-corrected chi connectivity index (χ2v) is 8.23. The molecule has 7 nitrogen and oxygen atoms in total. The van der Waals surface area contributed by atoms with Gasteiger partial charge in [0.2, 0.25) is 0 Å². The Hall–Kier alpha value is -1.45. The van der Waals surface area contributed by atoms with Gasteiger partial charge in [-0.1, -0.05) is 12.8 Å². The fraction of sp³-hybridized carbons (Fsp3) is 0.571. The summed E-state index contributed by atoms with van der Waals surface area (Å²) < 4.78 is 37.0. The molecule has 1 aromatic heterocycles. The molecular weight excluding hydrogens is 342 g/mol. The van der Waals surface area contributed by atoms with Gasteiger partial charge in [-0.25, -0.2) is 22.7 Å². The van der Waals surface area contributed by atoms with Crippen LogP contribution < -0.4 is 4.72 Å². The third-order valence-corrected chi connectivity index (χ3v) is 7.11. The summed E-state index contributed by atoms with van der Waals surface area (Å²) in [5.41, 5.74) is 0.142. The number of hydrogen-bond donors (Lipinski definition) is 1. The van der Waals surface area contributed by atoms with E-state index >= 15 is 0 Å². The van der Waals surface area contributed by atoms with E-state index in [1.165, 1.54) is 14.0 Å². The van der Waals surface area contributed by atoms with Crippen molar-refractivity contribution in [2.75, 3.05) is 14.2 Å². The molecule has 128 valence electrons. The number of hydrogen-bond acceptors (Lipinski definition) is 7. The smallest absolute Gasteiger partial charge is 0.348 e. The van der Waals surface area contributed by atoms with E-state index in [9.17, 15) is 18.0 Å². The topological polar surface area (TPSA) is 98.8 Å². The van der Waals surface area contributed by atoms with Crippen molar-refractivity contribution in [3.8, 4) is 0 Å². The molecule has 9 heteroatoms. The third-order valence-electron chi connectivity index (χ3n) is 3.80. The summed E-state index contributed by atoms with van der Waals surface area (Å²) >= 11 is 0.727. The number of thiophene rings is 1. The van der Waals surface area contributed by atoms with Crippen LogP contribution in [0.4, 0.5) is 0 Å². The van der Waals surface area contributed by atoms with E-state index in [0.717, 1.165) is 44.1 Å². The molecule has 1 fully saturated rings. The first-order chi connectivity index (χ1) is 10.8. The van der Waals surface area contributed by atoms with Crippen LogP contribution in [0.2, 0.25) is 0 Å².